The predicted octanol–water partition coefficient (Wildman–Crippen LogP) is 0.376. The lowest BCUT2D eigenvalue weighted by Gasteiger charge is -2.34. The van der Waals surface area contributed by atoms with Crippen LogP contribution in [0.4, 0.5) is 0 Å². The van der Waals surface area contributed by atoms with Gasteiger partial charge >= 0.3 is 0 Å². The largest absolute Gasteiger partial charge is 0.493 e. The zero-order chi connectivity index (χ0) is 17.1. The molecule has 2 N–H and O–H groups in total. The van der Waals surface area contributed by atoms with Crippen LogP contribution in [0.5, 0.6) is 5.75 Å². The van der Waals surface area contributed by atoms with Gasteiger partial charge in [0.1, 0.15) is 12.3 Å². The topological polar surface area (TPSA) is 38.2 Å². The molecule has 0 amide bonds. The van der Waals surface area contributed by atoms with E-state index in [1.54, 1.807) is 4.90 Å². The molecule has 25 heavy (non-hydrogen) atoms. The molecule has 136 valence electrons. The Kier molecular flexibility index (Phi) is 5.39. The van der Waals surface area contributed by atoms with Crippen LogP contribution in [0.2, 0.25) is 0 Å². The maximum Gasteiger partial charge on any atom is 0.169 e. The van der Waals surface area contributed by atoms with E-state index in [2.05, 4.69) is 28.4 Å². The summed E-state index contributed by atoms with van der Waals surface area (Å²) < 4.78 is 11.3. The van der Waals surface area contributed by atoms with Crippen molar-refractivity contribution in [2.24, 2.45) is 0 Å². The molecule has 0 aliphatic carbocycles. The Labute approximate surface area is 155 Å². The van der Waals surface area contributed by atoms with E-state index in [4.69, 9.17) is 21.7 Å². The number of hydrogen-bond acceptors (Lipinski definition) is 3. The average Bonchev–Trinajstić information content (AvgIpc) is 3.31. The van der Waals surface area contributed by atoms with Crippen LogP contribution in [0, 0.1) is 0 Å². The number of thiocarbonyl (C=S) groups is 1. The summed E-state index contributed by atoms with van der Waals surface area (Å²) in [6.07, 6.45) is 3.72. The summed E-state index contributed by atoms with van der Waals surface area (Å²) in [4.78, 5) is 3.95. The Bertz CT molecular complexity index is 611. The highest BCUT2D eigenvalue weighted by atomic mass is 32.1. The van der Waals surface area contributed by atoms with E-state index in [9.17, 15) is 0 Å². The lowest BCUT2D eigenvalue weighted by atomic mass is 10.1. The molecule has 6 heteroatoms. The van der Waals surface area contributed by atoms with Crippen molar-refractivity contribution < 1.29 is 14.4 Å². The Morgan fingerprint density at radius 1 is 1.28 bits per heavy atom. The molecule has 3 aliphatic heterocycles. The molecule has 5 nitrogen and oxygen atoms in total. The third-order valence-corrected chi connectivity index (χ3v) is 5.87. The van der Waals surface area contributed by atoms with Crippen LogP contribution in [-0.4, -0.2) is 62.1 Å². The molecule has 0 unspecified atom stereocenters. The van der Waals surface area contributed by atoms with Gasteiger partial charge in [-0.05, 0) is 48.8 Å². The van der Waals surface area contributed by atoms with Crippen molar-refractivity contribution >= 4 is 17.3 Å². The smallest absolute Gasteiger partial charge is 0.169 e. The Hall–Kier alpha value is -1.37. The molecule has 1 aromatic carbocycles. The fraction of sp³-hybridized carbons (Fsp3) is 0.632. The van der Waals surface area contributed by atoms with E-state index >= 15 is 0 Å². The molecular weight excluding hydrogens is 334 g/mol. The summed E-state index contributed by atoms with van der Waals surface area (Å²) in [6.45, 7) is 8.00. The highest BCUT2D eigenvalue weighted by Crippen LogP contribution is 2.25. The van der Waals surface area contributed by atoms with Crippen molar-refractivity contribution in [3.05, 3.63) is 29.3 Å². The van der Waals surface area contributed by atoms with Gasteiger partial charge in [0.2, 0.25) is 0 Å². The van der Waals surface area contributed by atoms with Gasteiger partial charge in [0, 0.05) is 25.1 Å². The van der Waals surface area contributed by atoms with Crippen LogP contribution in [-0.2, 0) is 17.7 Å². The van der Waals surface area contributed by atoms with Gasteiger partial charge in [0.25, 0.3) is 0 Å². The molecule has 0 saturated carbocycles. The summed E-state index contributed by atoms with van der Waals surface area (Å²) >= 11 is 5.57. The number of nitrogens with one attached hydrogen (secondary N) is 2. The van der Waals surface area contributed by atoms with Crippen LogP contribution >= 0.6 is 12.2 Å². The summed E-state index contributed by atoms with van der Waals surface area (Å²) in [7, 11) is 0. The van der Waals surface area contributed by atoms with Crippen molar-refractivity contribution in [1.29, 1.82) is 0 Å². The summed E-state index contributed by atoms with van der Waals surface area (Å²) in [6, 6.07) is 6.68. The third-order valence-electron chi connectivity index (χ3n) is 5.47. The average molecular weight is 363 g/mol. The maximum atomic E-state index is 5.65. The van der Waals surface area contributed by atoms with Crippen LogP contribution < -0.4 is 15.0 Å². The highest BCUT2D eigenvalue weighted by molar-refractivity contribution is 7.80. The number of nitrogens with zero attached hydrogens (tertiary/aromatic N) is 1. The number of rotatable bonds is 4. The first-order valence-electron chi connectivity index (χ1n) is 9.50. The van der Waals surface area contributed by atoms with Crippen LogP contribution in [0.3, 0.4) is 0 Å². The lowest BCUT2D eigenvalue weighted by molar-refractivity contribution is -0.917. The molecule has 4 rings (SSSR count). The molecule has 2 fully saturated rings. The minimum Gasteiger partial charge on any atom is -0.493 e. The number of ether oxygens (including phenoxy) is 2. The Morgan fingerprint density at radius 3 is 2.96 bits per heavy atom. The highest BCUT2D eigenvalue weighted by Gasteiger charge is 2.23. The van der Waals surface area contributed by atoms with Gasteiger partial charge in [0.15, 0.2) is 5.11 Å². The fourth-order valence-corrected chi connectivity index (χ4v) is 4.23. The van der Waals surface area contributed by atoms with Crippen molar-refractivity contribution in [1.82, 2.24) is 10.2 Å². The molecule has 1 aromatic rings. The Balaban J connectivity index is 1.22. The second-order valence-electron chi connectivity index (χ2n) is 7.28. The summed E-state index contributed by atoms with van der Waals surface area (Å²) in [5, 5.41) is 4.29. The number of benzene rings is 1. The normalized spacial score (nSPS) is 23.4. The molecule has 0 aromatic heterocycles. The Morgan fingerprint density at radius 2 is 2.16 bits per heavy atom. The molecule has 0 spiro atoms. The second-order valence-corrected chi connectivity index (χ2v) is 7.66. The predicted molar refractivity (Wildman–Crippen MR) is 101 cm³/mol. The minimum absolute atomic E-state index is 0.341. The van der Waals surface area contributed by atoms with Gasteiger partial charge in [-0.15, -0.1) is 0 Å². The molecule has 0 radical (unpaired) electrons. The van der Waals surface area contributed by atoms with Gasteiger partial charge in [-0.25, -0.2) is 0 Å². The van der Waals surface area contributed by atoms with Crippen molar-refractivity contribution in [2.45, 2.75) is 31.9 Å². The van der Waals surface area contributed by atoms with Crippen molar-refractivity contribution in [3.8, 4) is 5.75 Å². The van der Waals surface area contributed by atoms with Gasteiger partial charge in [0.05, 0.1) is 38.9 Å². The van der Waals surface area contributed by atoms with Crippen molar-refractivity contribution in [2.75, 3.05) is 45.9 Å². The molecule has 3 heterocycles. The standard InChI is InChI=1S/C19H27N3O2S/c25-19(20-13-17-2-1-10-23-17)22-8-6-21(7-9-22)14-15-3-4-18-16(12-15)5-11-24-18/h3-4,12,17H,1-2,5-11,13-14H2,(H,20,25)/p+1/t17-/m0/s1. The summed E-state index contributed by atoms with van der Waals surface area (Å²) in [5.41, 5.74) is 2.79. The van der Waals surface area contributed by atoms with Gasteiger partial charge in [-0.2, -0.15) is 0 Å². The van der Waals surface area contributed by atoms with Gasteiger partial charge in [-0.3, -0.25) is 0 Å². The first-order chi connectivity index (χ1) is 12.3. The molecule has 0 bridgehead atoms. The van der Waals surface area contributed by atoms with E-state index in [1.807, 2.05) is 0 Å². The SMILES string of the molecule is S=C(NC[C@@H]1CCCO1)N1CC[NH+](Cc2ccc3c(c2)CCO3)CC1. The lowest BCUT2D eigenvalue weighted by Crippen LogP contribution is -3.13. The van der Waals surface area contributed by atoms with Crippen LogP contribution in [0.1, 0.15) is 24.0 Å². The van der Waals surface area contributed by atoms with Crippen LogP contribution in [0.25, 0.3) is 0 Å². The molecule has 1 atom stereocenters. The first kappa shape index (κ1) is 17.1. The molecule has 2 saturated heterocycles. The zero-order valence-corrected chi connectivity index (χ0v) is 15.6. The quantitative estimate of drug-likeness (QED) is 0.758. The van der Waals surface area contributed by atoms with E-state index < -0.39 is 0 Å². The fourth-order valence-electron chi connectivity index (χ4n) is 3.96. The second kappa shape index (κ2) is 7.89. The van der Waals surface area contributed by atoms with Crippen molar-refractivity contribution in [3.63, 3.8) is 0 Å². The first-order valence-corrected chi connectivity index (χ1v) is 9.91. The monoisotopic (exact) mass is 362 g/mol. The summed E-state index contributed by atoms with van der Waals surface area (Å²) in [5.74, 6) is 1.08. The zero-order valence-electron chi connectivity index (χ0n) is 14.8. The van der Waals surface area contributed by atoms with Crippen LogP contribution in [0.15, 0.2) is 18.2 Å². The number of hydrogen-bond donors (Lipinski definition) is 2. The number of quaternary nitrogens is 1. The van der Waals surface area contributed by atoms with E-state index in [0.29, 0.717) is 6.10 Å². The van der Waals surface area contributed by atoms with E-state index in [1.165, 1.54) is 17.5 Å². The minimum atomic E-state index is 0.341. The maximum absolute atomic E-state index is 5.65. The van der Waals surface area contributed by atoms with E-state index in [0.717, 1.165) is 76.2 Å². The third kappa shape index (κ3) is 4.25. The molecular formula is C19H28N3O2S+. The van der Waals surface area contributed by atoms with E-state index in [-0.39, 0.29) is 0 Å². The number of piperazine rings is 1. The van der Waals surface area contributed by atoms with Gasteiger partial charge < -0.3 is 24.6 Å². The number of fused-ring (bicyclic) bond motifs is 1. The molecule has 3 aliphatic rings. The van der Waals surface area contributed by atoms with Gasteiger partial charge in [-0.1, -0.05) is 0 Å².